The number of aromatic nitrogens is 2. The van der Waals surface area contributed by atoms with E-state index in [-0.39, 0.29) is 5.91 Å². The van der Waals surface area contributed by atoms with Crippen molar-refractivity contribution in [1.82, 2.24) is 14.9 Å². The molecule has 0 bridgehead atoms. The first kappa shape index (κ1) is 21.4. The molecule has 0 aliphatic carbocycles. The number of carbonyl (C=O) groups excluding carboxylic acids is 1. The number of rotatable bonds is 11. The van der Waals surface area contributed by atoms with Crippen LogP contribution in [0.15, 0.2) is 73.3 Å². The molecule has 1 heterocycles. The van der Waals surface area contributed by atoms with Gasteiger partial charge in [-0.15, -0.1) is 6.58 Å². The van der Waals surface area contributed by atoms with Crippen LogP contribution in [-0.4, -0.2) is 28.6 Å². The Kier molecular flexibility index (Phi) is 7.44. The molecule has 30 heavy (non-hydrogen) atoms. The Morgan fingerprint density at radius 2 is 1.97 bits per heavy atom. The van der Waals surface area contributed by atoms with Gasteiger partial charge in [0.1, 0.15) is 18.2 Å². The minimum absolute atomic E-state index is 0.102. The van der Waals surface area contributed by atoms with Crippen LogP contribution in [0, 0.1) is 0 Å². The number of fused-ring (bicyclic) bond motifs is 1. The molecule has 5 heteroatoms. The van der Waals surface area contributed by atoms with E-state index in [9.17, 15) is 4.79 Å². The van der Waals surface area contributed by atoms with Gasteiger partial charge in [0, 0.05) is 18.5 Å². The number of carbonyl (C=O) groups is 1. The molecule has 0 atom stereocenters. The average Bonchev–Trinajstić information content (AvgIpc) is 3.10. The molecular weight excluding hydrogens is 374 g/mol. The molecule has 156 valence electrons. The van der Waals surface area contributed by atoms with Gasteiger partial charge in [0.25, 0.3) is 0 Å². The Morgan fingerprint density at radius 1 is 1.20 bits per heavy atom. The Morgan fingerprint density at radius 3 is 2.77 bits per heavy atom. The maximum atomic E-state index is 11.7. The quantitative estimate of drug-likeness (QED) is 0.292. The lowest BCUT2D eigenvalue weighted by molar-refractivity contribution is -0.117. The largest absolute Gasteiger partial charge is 0.491 e. The third-order valence-electron chi connectivity index (χ3n) is 4.89. The fourth-order valence-corrected chi connectivity index (χ4v) is 3.38. The zero-order chi connectivity index (χ0) is 21.3. The zero-order valence-corrected chi connectivity index (χ0v) is 17.6. The lowest BCUT2D eigenvalue weighted by atomic mass is 10.1. The molecule has 1 aromatic heterocycles. The predicted octanol–water partition coefficient (Wildman–Crippen LogP) is 4.47. The van der Waals surface area contributed by atoms with Gasteiger partial charge in [0.2, 0.25) is 5.91 Å². The molecule has 0 fully saturated rings. The molecule has 0 aliphatic rings. The fraction of sp³-hybridized carbons (Fsp3) is 0.280. The maximum absolute atomic E-state index is 11.7. The van der Waals surface area contributed by atoms with E-state index in [1.54, 1.807) is 6.92 Å². The molecule has 5 nitrogen and oxygen atoms in total. The molecule has 0 saturated carbocycles. The van der Waals surface area contributed by atoms with Gasteiger partial charge in [-0.05, 0) is 43.5 Å². The van der Waals surface area contributed by atoms with Crippen LogP contribution in [0.1, 0.15) is 24.7 Å². The van der Waals surface area contributed by atoms with Crippen molar-refractivity contribution in [2.24, 2.45) is 0 Å². The fourth-order valence-electron chi connectivity index (χ4n) is 3.38. The Balaban J connectivity index is 1.67. The van der Waals surface area contributed by atoms with Gasteiger partial charge in [0.05, 0.1) is 17.6 Å². The van der Waals surface area contributed by atoms with E-state index in [0.717, 1.165) is 47.4 Å². The van der Waals surface area contributed by atoms with E-state index in [1.165, 1.54) is 0 Å². The van der Waals surface area contributed by atoms with Crippen LogP contribution in [0.4, 0.5) is 0 Å². The lowest BCUT2D eigenvalue weighted by Crippen LogP contribution is -2.25. The molecule has 0 saturated heterocycles. The van der Waals surface area contributed by atoms with Crippen LogP contribution in [0.3, 0.4) is 0 Å². The van der Waals surface area contributed by atoms with Gasteiger partial charge in [-0.25, -0.2) is 4.98 Å². The van der Waals surface area contributed by atoms with E-state index < -0.39 is 0 Å². The number of allylic oxidation sites excluding steroid dienone is 1. The van der Waals surface area contributed by atoms with Crippen LogP contribution in [0.25, 0.3) is 11.0 Å². The van der Waals surface area contributed by atoms with Crippen molar-refractivity contribution in [2.75, 3.05) is 13.2 Å². The highest BCUT2D eigenvalue weighted by molar-refractivity contribution is 5.92. The first-order chi connectivity index (χ1) is 14.6. The summed E-state index contributed by atoms with van der Waals surface area (Å²) in [5, 5.41) is 2.88. The number of nitrogens with zero attached hydrogens (tertiary/aromatic N) is 2. The van der Waals surface area contributed by atoms with Gasteiger partial charge in [-0.2, -0.15) is 0 Å². The van der Waals surface area contributed by atoms with E-state index in [4.69, 9.17) is 9.72 Å². The smallest absolute Gasteiger partial charge is 0.246 e. The number of hydrogen-bond acceptors (Lipinski definition) is 3. The van der Waals surface area contributed by atoms with Crippen molar-refractivity contribution < 1.29 is 9.53 Å². The molecule has 0 spiro atoms. The average molecular weight is 404 g/mol. The molecule has 0 radical (unpaired) electrons. The van der Waals surface area contributed by atoms with Crippen LogP contribution in [0.2, 0.25) is 0 Å². The number of ether oxygens (including phenoxy) is 1. The topological polar surface area (TPSA) is 56.1 Å². The van der Waals surface area contributed by atoms with Gasteiger partial charge in [-0.3, -0.25) is 4.79 Å². The second-order valence-electron chi connectivity index (χ2n) is 7.26. The summed E-state index contributed by atoms with van der Waals surface area (Å²) >= 11 is 0. The van der Waals surface area contributed by atoms with Gasteiger partial charge < -0.3 is 14.6 Å². The molecule has 1 amide bonds. The van der Waals surface area contributed by atoms with E-state index in [0.29, 0.717) is 25.3 Å². The number of aryl methyl sites for hydroxylation is 1. The second-order valence-corrected chi connectivity index (χ2v) is 7.26. The summed E-state index contributed by atoms with van der Waals surface area (Å²) in [6.07, 6.45) is 4.26. The van der Waals surface area contributed by atoms with Crippen molar-refractivity contribution in [3.63, 3.8) is 0 Å². The SMILES string of the molecule is C=CCc1ccccc1OCCn1c(CCCNC(=O)C(=C)C)nc2ccccc21. The number of amides is 1. The summed E-state index contributed by atoms with van der Waals surface area (Å²) in [4.78, 5) is 16.5. The number of para-hydroxylation sites is 3. The van der Waals surface area contributed by atoms with Crippen molar-refractivity contribution in [1.29, 1.82) is 0 Å². The van der Waals surface area contributed by atoms with Gasteiger partial charge >= 0.3 is 0 Å². The maximum Gasteiger partial charge on any atom is 0.246 e. The highest BCUT2D eigenvalue weighted by Gasteiger charge is 2.11. The van der Waals surface area contributed by atoms with Gasteiger partial charge in [0.15, 0.2) is 0 Å². The van der Waals surface area contributed by atoms with Crippen LogP contribution >= 0.6 is 0 Å². The molecule has 0 aliphatic heterocycles. The molecule has 2 aromatic carbocycles. The Labute approximate surface area is 178 Å². The highest BCUT2D eigenvalue weighted by Crippen LogP contribution is 2.20. The lowest BCUT2D eigenvalue weighted by Gasteiger charge is -2.13. The Bertz CT molecular complexity index is 1040. The summed E-state index contributed by atoms with van der Waals surface area (Å²) < 4.78 is 8.30. The monoisotopic (exact) mass is 403 g/mol. The zero-order valence-electron chi connectivity index (χ0n) is 17.6. The van der Waals surface area contributed by atoms with E-state index in [2.05, 4.69) is 35.2 Å². The number of nitrogens with one attached hydrogen (secondary N) is 1. The number of imidazole rings is 1. The van der Waals surface area contributed by atoms with Crippen LogP contribution < -0.4 is 10.1 Å². The molecule has 0 unspecified atom stereocenters. The summed E-state index contributed by atoms with van der Waals surface area (Å²) in [6, 6.07) is 16.2. The molecule has 1 N–H and O–H groups in total. The highest BCUT2D eigenvalue weighted by atomic mass is 16.5. The standard InChI is InChI=1S/C25H29N3O2/c1-4-10-20-11-5-8-14-23(20)30-18-17-28-22-13-7-6-12-21(22)27-24(28)15-9-16-26-25(29)19(2)3/h4-8,11-14H,1-2,9-10,15-18H2,3H3,(H,26,29). The summed E-state index contributed by atoms with van der Waals surface area (Å²) in [5.74, 6) is 1.80. The molecule has 3 rings (SSSR count). The van der Waals surface area contributed by atoms with E-state index >= 15 is 0 Å². The molecular formula is C25H29N3O2. The molecule has 3 aromatic rings. The summed E-state index contributed by atoms with van der Waals surface area (Å²) in [7, 11) is 0. The third-order valence-corrected chi connectivity index (χ3v) is 4.89. The first-order valence-electron chi connectivity index (χ1n) is 10.3. The first-order valence-corrected chi connectivity index (χ1v) is 10.3. The van der Waals surface area contributed by atoms with Crippen molar-refractivity contribution in [3.8, 4) is 5.75 Å². The second kappa shape index (κ2) is 10.4. The predicted molar refractivity (Wildman–Crippen MR) is 122 cm³/mol. The van der Waals surface area contributed by atoms with Crippen molar-refractivity contribution in [2.45, 2.75) is 32.7 Å². The van der Waals surface area contributed by atoms with Gasteiger partial charge in [-0.1, -0.05) is 43.0 Å². The Hall–Kier alpha value is -3.34. The minimum Gasteiger partial charge on any atom is -0.491 e. The summed E-state index contributed by atoms with van der Waals surface area (Å²) in [5.41, 5.74) is 3.74. The van der Waals surface area contributed by atoms with Crippen molar-refractivity contribution in [3.05, 3.63) is 84.7 Å². The minimum atomic E-state index is -0.102. The van der Waals surface area contributed by atoms with Crippen LogP contribution in [0.5, 0.6) is 5.75 Å². The number of hydrogen-bond donors (Lipinski definition) is 1. The van der Waals surface area contributed by atoms with E-state index in [1.807, 2.05) is 42.5 Å². The van der Waals surface area contributed by atoms with Crippen molar-refractivity contribution >= 4 is 16.9 Å². The number of benzene rings is 2. The van der Waals surface area contributed by atoms with Crippen LogP contribution in [-0.2, 0) is 24.2 Å². The normalized spacial score (nSPS) is 10.7. The summed E-state index contributed by atoms with van der Waals surface area (Å²) in [6.45, 7) is 11.0. The third kappa shape index (κ3) is 5.38.